The quantitative estimate of drug-likeness (QED) is 0.335. The van der Waals surface area contributed by atoms with Gasteiger partial charge in [0.1, 0.15) is 0 Å². The monoisotopic (exact) mass is 282 g/mol. The second-order valence-corrected chi connectivity index (χ2v) is 3.88. The van der Waals surface area contributed by atoms with Gasteiger partial charge in [0.15, 0.2) is 0 Å². The Bertz CT molecular complexity index is 164. The number of hydrogen-bond acceptors (Lipinski definition) is 2. The van der Waals surface area contributed by atoms with Crippen LogP contribution < -0.4 is 0 Å². The molecule has 0 aromatic rings. The first-order valence-corrected chi connectivity index (χ1v) is 5.42. The zero-order valence-corrected chi connectivity index (χ0v) is 9.76. The fourth-order valence-corrected chi connectivity index (χ4v) is 1.69. The summed E-state index contributed by atoms with van der Waals surface area (Å²) in [5.74, 6) is 0.141. The van der Waals surface area contributed by atoms with Crippen molar-refractivity contribution in [3.63, 3.8) is 0 Å². The van der Waals surface area contributed by atoms with Gasteiger partial charge in [-0.3, -0.25) is 4.79 Å². The highest BCUT2D eigenvalue weighted by atomic mass is 127. The number of rotatable bonds is 5. The third kappa shape index (κ3) is 4.74. The Labute approximate surface area is 87.5 Å². The normalized spacial score (nSPS) is 12.2. The van der Waals surface area contributed by atoms with Crippen LogP contribution in [0.15, 0.2) is 12.2 Å². The van der Waals surface area contributed by atoms with Crippen LogP contribution in [-0.4, -0.2) is 17.5 Å². The molecule has 12 heavy (non-hydrogen) atoms. The fraction of sp³-hybridized carbons (Fsp3) is 0.667. The molecule has 0 saturated carbocycles. The molecule has 0 saturated heterocycles. The van der Waals surface area contributed by atoms with Crippen LogP contribution in [0, 0.1) is 5.92 Å². The standard InChI is InChI=1S/C9H15IO2/c1-7(2)8(4-5-10)6-9(11)12-3/h8H,1,4-6H2,2-3H3. The molecule has 0 heterocycles. The van der Waals surface area contributed by atoms with Gasteiger partial charge in [-0.15, -0.1) is 0 Å². The maximum Gasteiger partial charge on any atom is 0.306 e. The average molecular weight is 282 g/mol. The van der Waals surface area contributed by atoms with E-state index < -0.39 is 0 Å². The van der Waals surface area contributed by atoms with Crippen molar-refractivity contribution in [3.8, 4) is 0 Å². The van der Waals surface area contributed by atoms with Gasteiger partial charge in [0.05, 0.1) is 13.5 Å². The first-order valence-electron chi connectivity index (χ1n) is 3.90. The predicted molar refractivity (Wildman–Crippen MR) is 58.4 cm³/mol. The predicted octanol–water partition coefficient (Wildman–Crippen LogP) is 2.57. The largest absolute Gasteiger partial charge is 0.469 e. The van der Waals surface area contributed by atoms with E-state index in [1.54, 1.807) is 0 Å². The van der Waals surface area contributed by atoms with E-state index in [4.69, 9.17) is 0 Å². The van der Waals surface area contributed by atoms with Crippen LogP contribution in [-0.2, 0) is 9.53 Å². The van der Waals surface area contributed by atoms with E-state index in [0.29, 0.717) is 6.42 Å². The lowest BCUT2D eigenvalue weighted by atomic mass is 9.95. The Morgan fingerprint density at radius 1 is 1.67 bits per heavy atom. The molecule has 70 valence electrons. The topological polar surface area (TPSA) is 26.3 Å². The smallest absolute Gasteiger partial charge is 0.306 e. The van der Waals surface area contributed by atoms with Crippen molar-refractivity contribution in [2.24, 2.45) is 5.92 Å². The van der Waals surface area contributed by atoms with Gasteiger partial charge in [-0.05, 0) is 19.3 Å². The number of hydrogen-bond donors (Lipinski definition) is 0. The van der Waals surface area contributed by atoms with Gasteiger partial charge in [0.2, 0.25) is 0 Å². The summed E-state index contributed by atoms with van der Waals surface area (Å²) in [7, 11) is 1.42. The Morgan fingerprint density at radius 3 is 2.58 bits per heavy atom. The molecule has 0 rings (SSSR count). The number of halogens is 1. The highest BCUT2D eigenvalue weighted by Crippen LogP contribution is 2.18. The highest BCUT2D eigenvalue weighted by Gasteiger charge is 2.13. The third-order valence-corrected chi connectivity index (χ3v) is 2.42. The SMILES string of the molecule is C=C(C)C(CCI)CC(=O)OC. The van der Waals surface area contributed by atoms with Gasteiger partial charge in [-0.25, -0.2) is 0 Å². The number of carbonyl (C=O) groups excluding carboxylic acids is 1. The Balaban J connectivity index is 3.95. The molecular formula is C9H15IO2. The molecule has 0 aromatic carbocycles. The summed E-state index contributed by atoms with van der Waals surface area (Å²) >= 11 is 2.30. The minimum atomic E-state index is -0.146. The van der Waals surface area contributed by atoms with Crippen LogP contribution in [0.2, 0.25) is 0 Å². The molecule has 0 N–H and O–H groups in total. The lowest BCUT2D eigenvalue weighted by Gasteiger charge is -2.13. The van der Waals surface area contributed by atoms with Gasteiger partial charge < -0.3 is 4.74 Å². The molecule has 0 aliphatic heterocycles. The second kappa shape index (κ2) is 6.46. The molecule has 0 fully saturated rings. The lowest BCUT2D eigenvalue weighted by Crippen LogP contribution is -2.11. The molecule has 0 bridgehead atoms. The van der Waals surface area contributed by atoms with Gasteiger partial charge in [-0.1, -0.05) is 34.7 Å². The van der Waals surface area contributed by atoms with Crippen molar-refractivity contribution in [2.45, 2.75) is 19.8 Å². The molecule has 0 spiro atoms. The molecule has 0 aromatic heterocycles. The van der Waals surface area contributed by atoms with Crippen molar-refractivity contribution in [1.29, 1.82) is 0 Å². The minimum Gasteiger partial charge on any atom is -0.469 e. The number of methoxy groups -OCH3 is 1. The van der Waals surface area contributed by atoms with E-state index in [1.807, 2.05) is 6.92 Å². The van der Waals surface area contributed by atoms with Crippen molar-refractivity contribution >= 4 is 28.6 Å². The summed E-state index contributed by atoms with van der Waals surface area (Å²) in [5, 5.41) is 0. The molecule has 3 heteroatoms. The van der Waals surface area contributed by atoms with Crippen LogP contribution in [0.4, 0.5) is 0 Å². The maximum atomic E-state index is 10.9. The Kier molecular flexibility index (Phi) is 6.42. The van der Waals surface area contributed by atoms with Crippen LogP contribution in [0.5, 0.6) is 0 Å². The molecule has 0 aliphatic rings. The van der Waals surface area contributed by atoms with Crippen molar-refractivity contribution < 1.29 is 9.53 Å². The van der Waals surface area contributed by atoms with Crippen LogP contribution >= 0.6 is 22.6 Å². The summed E-state index contributed by atoms with van der Waals surface area (Å²) in [6.45, 7) is 5.81. The summed E-state index contributed by atoms with van der Waals surface area (Å²) in [6.07, 6.45) is 1.47. The van der Waals surface area contributed by atoms with Crippen LogP contribution in [0.25, 0.3) is 0 Å². The molecule has 0 radical (unpaired) electrons. The van der Waals surface area contributed by atoms with Crippen LogP contribution in [0.1, 0.15) is 19.8 Å². The molecule has 1 atom stereocenters. The summed E-state index contributed by atoms with van der Waals surface area (Å²) in [4.78, 5) is 10.9. The van der Waals surface area contributed by atoms with Gasteiger partial charge in [0, 0.05) is 4.43 Å². The number of carbonyl (C=O) groups is 1. The van der Waals surface area contributed by atoms with E-state index in [1.165, 1.54) is 7.11 Å². The Morgan fingerprint density at radius 2 is 2.25 bits per heavy atom. The number of alkyl halides is 1. The van der Waals surface area contributed by atoms with Gasteiger partial charge >= 0.3 is 5.97 Å². The number of ether oxygens (including phenoxy) is 1. The molecule has 1 unspecified atom stereocenters. The zero-order valence-electron chi connectivity index (χ0n) is 7.60. The molecule has 0 amide bonds. The van der Waals surface area contributed by atoms with Gasteiger partial charge in [0.25, 0.3) is 0 Å². The van der Waals surface area contributed by atoms with Gasteiger partial charge in [-0.2, -0.15) is 0 Å². The van der Waals surface area contributed by atoms with E-state index in [2.05, 4.69) is 33.9 Å². The average Bonchev–Trinajstić information content (AvgIpc) is 2.03. The third-order valence-electron chi connectivity index (χ3n) is 1.80. The van der Waals surface area contributed by atoms with Crippen molar-refractivity contribution in [3.05, 3.63) is 12.2 Å². The lowest BCUT2D eigenvalue weighted by molar-refractivity contribution is -0.141. The first kappa shape index (κ1) is 11.9. The van der Waals surface area contributed by atoms with Crippen LogP contribution in [0.3, 0.4) is 0 Å². The molecule has 2 nitrogen and oxygen atoms in total. The second-order valence-electron chi connectivity index (χ2n) is 2.80. The zero-order chi connectivity index (χ0) is 9.56. The first-order chi connectivity index (χ1) is 5.61. The number of esters is 1. The number of allylic oxidation sites excluding steroid dienone is 1. The van der Waals surface area contributed by atoms with Crippen molar-refractivity contribution in [2.75, 3.05) is 11.5 Å². The van der Waals surface area contributed by atoms with E-state index in [9.17, 15) is 4.79 Å². The molecule has 0 aliphatic carbocycles. The minimum absolute atomic E-state index is 0.146. The summed E-state index contributed by atoms with van der Waals surface area (Å²) < 4.78 is 5.64. The summed E-state index contributed by atoms with van der Waals surface area (Å²) in [6, 6.07) is 0. The van der Waals surface area contributed by atoms with Crippen molar-refractivity contribution in [1.82, 2.24) is 0 Å². The molecular weight excluding hydrogens is 267 g/mol. The fourth-order valence-electron chi connectivity index (χ4n) is 0.939. The highest BCUT2D eigenvalue weighted by molar-refractivity contribution is 14.1. The Hall–Kier alpha value is -0.0600. The van der Waals surface area contributed by atoms with E-state index >= 15 is 0 Å². The maximum absolute atomic E-state index is 10.9. The van der Waals surface area contributed by atoms with E-state index in [0.717, 1.165) is 16.4 Å². The van der Waals surface area contributed by atoms with E-state index in [-0.39, 0.29) is 11.9 Å². The summed E-state index contributed by atoms with van der Waals surface area (Å²) in [5.41, 5.74) is 1.07.